The second-order valence-electron chi connectivity index (χ2n) is 4.07. The maximum absolute atomic E-state index is 11.2. The van der Waals surface area contributed by atoms with E-state index in [1.807, 2.05) is 18.2 Å². The quantitative estimate of drug-likeness (QED) is 0.824. The van der Waals surface area contributed by atoms with Crippen molar-refractivity contribution in [3.63, 3.8) is 0 Å². The van der Waals surface area contributed by atoms with Gasteiger partial charge in [-0.15, -0.1) is 0 Å². The predicted molar refractivity (Wildman–Crippen MR) is 67.4 cm³/mol. The molecule has 1 amide bonds. The molecule has 0 aromatic heterocycles. The first kappa shape index (κ1) is 12.3. The lowest BCUT2D eigenvalue weighted by Crippen LogP contribution is -2.13. The van der Waals surface area contributed by atoms with Crippen LogP contribution >= 0.6 is 0 Å². The molecule has 1 atom stereocenters. The van der Waals surface area contributed by atoms with E-state index in [1.54, 1.807) is 14.0 Å². The van der Waals surface area contributed by atoms with Crippen molar-refractivity contribution in [3.8, 4) is 23.5 Å². The first-order valence-electron chi connectivity index (χ1n) is 5.78. The van der Waals surface area contributed by atoms with Crippen LogP contribution in [-0.4, -0.2) is 19.6 Å². The third kappa shape index (κ3) is 2.57. The molecule has 1 unspecified atom stereocenters. The predicted octanol–water partition coefficient (Wildman–Crippen LogP) is 1.66. The highest BCUT2D eigenvalue weighted by Gasteiger charge is 2.23. The highest BCUT2D eigenvalue weighted by Crippen LogP contribution is 2.32. The largest absolute Gasteiger partial charge is 0.493 e. The van der Waals surface area contributed by atoms with Crippen LogP contribution in [0.25, 0.3) is 0 Å². The first-order chi connectivity index (χ1) is 8.74. The molecule has 1 heterocycles. The molecular weight excluding hydrogens is 230 g/mol. The Bertz CT molecular complexity index is 514. The lowest BCUT2D eigenvalue weighted by molar-refractivity contribution is -0.119. The smallest absolute Gasteiger partial charge is 0.220 e. The Morgan fingerprint density at radius 2 is 2.22 bits per heavy atom. The number of benzene rings is 1. The van der Waals surface area contributed by atoms with Crippen molar-refractivity contribution in [2.24, 2.45) is 0 Å². The van der Waals surface area contributed by atoms with Crippen LogP contribution in [0.3, 0.4) is 0 Å². The van der Waals surface area contributed by atoms with E-state index in [2.05, 4.69) is 17.3 Å². The summed E-state index contributed by atoms with van der Waals surface area (Å²) in [6, 6.07) is 5.67. The summed E-state index contributed by atoms with van der Waals surface area (Å²) in [6.07, 6.45) is 3.06. The molecule has 0 radical (unpaired) electrons. The fourth-order valence-electron chi connectivity index (χ4n) is 1.97. The molecule has 0 bridgehead atoms. The molecule has 1 aliphatic heterocycles. The lowest BCUT2D eigenvalue weighted by Gasteiger charge is -2.11. The molecule has 0 aliphatic carbocycles. The van der Waals surface area contributed by atoms with E-state index in [0.717, 1.165) is 5.56 Å². The van der Waals surface area contributed by atoms with Crippen molar-refractivity contribution in [1.29, 1.82) is 0 Å². The standard InChI is InChI=1S/C14H15NO3/c1-3-6-18-12-5-4-10(7-13(12)17-2)11-8-14(16)15-9-11/h4-5,7,11H,8-9H2,1-2H3,(H,15,16). The molecule has 1 saturated heterocycles. The molecule has 18 heavy (non-hydrogen) atoms. The van der Waals surface area contributed by atoms with E-state index in [1.165, 1.54) is 0 Å². The van der Waals surface area contributed by atoms with Crippen molar-refractivity contribution in [2.45, 2.75) is 19.3 Å². The van der Waals surface area contributed by atoms with Gasteiger partial charge < -0.3 is 14.8 Å². The summed E-state index contributed by atoms with van der Waals surface area (Å²) in [5.74, 6) is 4.18. The summed E-state index contributed by atoms with van der Waals surface area (Å²) in [6.45, 7) is 2.38. The van der Waals surface area contributed by atoms with E-state index >= 15 is 0 Å². The number of hydrogen-bond donors (Lipinski definition) is 1. The van der Waals surface area contributed by atoms with Crippen LogP contribution in [0.2, 0.25) is 0 Å². The number of carbonyl (C=O) groups excluding carboxylic acids is 1. The number of rotatable bonds is 3. The third-order valence-corrected chi connectivity index (χ3v) is 2.90. The van der Waals surface area contributed by atoms with Crippen molar-refractivity contribution >= 4 is 5.91 Å². The van der Waals surface area contributed by atoms with Crippen LogP contribution in [0.4, 0.5) is 0 Å². The van der Waals surface area contributed by atoms with Crippen molar-refractivity contribution in [1.82, 2.24) is 5.32 Å². The number of carbonyl (C=O) groups is 1. The Labute approximate surface area is 106 Å². The number of nitrogens with one attached hydrogen (secondary N) is 1. The molecule has 0 saturated carbocycles. The zero-order valence-electron chi connectivity index (χ0n) is 10.4. The van der Waals surface area contributed by atoms with Crippen LogP contribution in [0.5, 0.6) is 11.5 Å². The Balaban J connectivity index is 2.23. The van der Waals surface area contributed by atoms with Crippen LogP contribution in [0.1, 0.15) is 24.8 Å². The Kier molecular flexibility index (Phi) is 3.73. The Morgan fingerprint density at radius 3 is 2.83 bits per heavy atom. The molecule has 1 aromatic carbocycles. The first-order valence-corrected chi connectivity index (χ1v) is 5.78. The van der Waals surface area contributed by atoms with Crippen LogP contribution < -0.4 is 14.8 Å². The number of ether oxygens (including phenoxy) is 2. The van der Waals surface area contributed by atoms with Crippen molar-refractivity contribution in [3.05, 3.63) is 23.8 Å². The van der Waals surface area contributed by atoms with E-state index < -0.39 is 0 Å². The Morgan fingerprint density at radius 1 is 1.39 bits per heavy atom. The van der Waals surface area contributed by atoms with E-state index in [0.29, 0.717) is 24.5 Å². The van der Waals surface area contributed by atoms with Crippen molar-refractivity contribution < 1.29 is 14.3 Å². The van der Waals surface area contributed by atoms with Crippen LogP contribution in [-0.2, 0) is 4.79 Å². The minimum Gasteiger partial charge on any atom is -0.493 e. The third-order valence-electron chi connectivity index (χ3n) is 2.90. The second-order valence-corrected chi connectivity index (χ2v) is 4.07. The van der Waals surface area contributed by atoms with Crippen LogP contribution in [0.15, 0.2) is 18.2 Å². The topological polar surface area (TPSA) is 47.6 Å². The van der Waals surface area contributed by atoms with Gasteiger partial charge in [0.1, 0.15) is 6.11 Å². The number of hydrogen-bond acceptors (Lipinski definition) is 3. The molecule has 1 aromatic rings. The van der Waals surface area contributed by atoms with Gasteiger partial charge in [-0.05, 0) is 17.7 Å². The minimum absolute atomic E-state index is 0.0937. The fourth-order valence-corrected chi connectivity index (χ4v) is 1.97. The monoisotopic (exact) mass is 245 g/mol. The molecule has 1 N–H and O–H groups in total. The molecule has 1 fully saturated rings. The van der Waals surface area contributed by atoms with Gasteiger partial charge in [0.25, 0.3) is 0 Å². The SMILES string of the molecule is CC#COc1ccc(C2CNC(=O)C2)cc1OC. The molecule has 1 aliphatic rings. The molecule has 2 rings (SSSR count). The zero-order valence-corrected chi connectivity index (χ0v) is 10.4. The van der Waals surface area contributed by atoms with E-state index in [4.69, 9.17) is 9.47 Å². The summed E-state index contributed by atoms with van der Waals surface area (Å²) in [4.78, 5) is 11.2. The van der Waals surface area contributed by atoms with E-state index in [9.17, 15) is 4.79 Å². The second kappa shape index (κ2) is 5.46. The average Bonchev–Trinajstić information content (AvgIpc) is 2.83. The van der Waals surface area contributed by atoms with Gasteiger partial charge in [0.05, 0.1) is 7.11 Å². The number of amides is 1. The Hall–Kier alpha value is -2.15. The van der Waals surface area contributed by atoms with Gasteiger partial charge in [-0.25, -0.2) is 0 Å². The van der Waals surface area contributed by atoms with Gasteiger partial charge in [0.2, 0.25) is 5.91 Å². The summed E-state index contributed by atoms with van der Waals surface area (Å²) in [5, 5.41) is 2.82. The fraction of sp³-hybridized carbons (Fsp3) is 0.357. The molecule has 4 heteroatoms. The highest BCUT2D eigenvalue weighted by molar-refractivity contribution is 5.79. The minimum atomic E-state index is 0.0937. The van der Waals surface area contributed by atoms with Crippen LogP contribution in [0, 0.1) is 12.0 Å². The summed E-state index contributed by atoms with van der Waals surface area (Å²) >= 11 is 0. The molecular formula is C14H15NO3. The van der Waals surface area contributed by atoms with Gasteiger partial charge in [-0.2, -0.15) is 0 Å². The van der Waals surface area contributed by atoms with Gasteiger partial charge in [0, 0.05) is 25.8 Å². The van der Waals surface area contributed by atoms with Gasteiger partial charge in [0.15, 0.2) is 11.5 Å². The number of methoxy groups -OCH3 is 1. The van der Waals surface area contributed by atoms with Crippen molar-refractivity contribution in [2.75, 3.05) is 13.7 Å². The van der Waals surface area contributed by atoms with E-state index in [-0.39, 0.29) is 11.8 Å². The highest BCUT2D eigenvalue weighted by atomic mass is 16.5. The summed E-state index contributed by atoms with van der Waals surface area (Å²) in [7, 11) is 1.59. The summed E-state index contributed by atoms with van der Waals surface area (Å²) in [5.41, 5.74) is 1.07. The molecule has 4 nitrogen and oxygen atoms in total. The lowest BCUT2D eigenvalue weighted by atomic mass is 9.98. The van der Waals surface area contributed by atoms with Gasteiger partial charge >= 0.3 is 0 Å². The van der Waals surface area contributed by atoms with Gasteiger partial charge in [-0.3, -0.25) is 4.79 Å². The normalized spacial score (nSPS) is 17.7. The zero-order chi connectivity index (χ0) is 13.0. The molecule has 0 spiro atoms. The maximum atomic E-state index is 11.2. The summed E-state index contributed by atoms with van der Waals surface area (Å²) < 4.78 is 10.5. The average molecular weight is 245 g/mol. The molecule has 94 valence electrons. The maximum Gasteiger partial charge on any atom is 0.220 e. The van der Waals surface area contributed by atoms with Gasteiger partial charge in [-0.1, -0.05) is 12.0 Å².